The molecule has 0 spiro atoms. The van der Waals surface area contributed by atoms with E-state index < -0.39 is 53.5 Å². The molecule has 0 saturated carbocycles. The molecule has 0 nitrogen and oxygen atoms in total. The second-order valence-corrected chi connectivity index (χ2v) is 5.93. The normalized spacial score (nSPS) is 18.1. The van der Waals surface area contributed by atoms with Crippen molar-refractivity contribution < 1.29 is 57.1 Å². The summed E-state index contributed by atoms with van der Waals surface area (Å²) >= 11 is 0.0533. The highest BCUT2D eigenvalue weighted by atomic mass is 32.1. The van der Waals surface area contributed by atoms with E-state index in [2.05, 4.69) is 0 Å². The summed E-state index contributed by atoms with van der Waals surface area (Å²) in [6.07, 6.45) is -18.8. The summed E-state index contributed by atoms with van der Waals surface area (Å²) in [5.74, 6) is -28.2. The minimum absolute atomic E-state index is 0.0533. The first-order chi connectivity index (χ1) is 11.5. The summed E-state index contributed by atoms with van der Waals surface area (Å²) in [7, 11) is 0. The molecule has 0 N–H and O–H groups in total. The maximum absolute atomic E-state index is 13.6. The second kappa shape index (κ2) is 7.08. The number of rotatable bonds is 8. The molecule has 1 heterocycles. The summed E-state index contributed by atoms with van der Waals surface area (Å²) in [5, 5.41) is 0.872. The average Bonchev–Trinajstić information content (AvgIpc) is 3.05. The van der Waals surface area contributed by atoms with Gasteiger partial charge in [-0.15, -0.1) is 11.3 Å². The Labute approximate surface area is 140 Å². The molecule has 0 aliphatic carbocycles. The number of alkyl halides is 13. The van der Waals surface area contributed by atoms with Gasteiger partial charge in [-0.1, -0.05) is 6.07 Å². The number of hydrogen-bond acceptors (Lipinski definition) is 1. The zero-order valence-corrected chi connectivity index (χ0v) is 12.7. The fraction of sp³-hybridized carbons (Fsp3) is 0.667. The van der Waals surface area contributed by atoms with Gasteiger partial charge in [0.1, 0.15) is 0 Å². The first-order valence-electron chi connectivity index (χ1n) is 6.28. The predicted octanol–water partition coefficient (Wildman–Crippen LogP) is 6.24. The summed E-state index contributed by atoms with van der Waals surface area (Å²) in [6.45, 7) is 0. The van der Waals surface area contributed by atoms with Crippen molar-refractivity contribution in [2.45, 2.75) is 48.6 Å². The lowest BCUT2D eigenvalue weighted by Gasteiger charge is -2.39. The van der Waals surface area contributed by atoms with E-state index in [9.17, 15) is 57.1 Å². The Morgan fingerprint density at radius 3 is 1.58 bits per heavy atom. The van der Waals surface area contributed by atoms with Gasteiger partial charge in [-0.3, -0.25) is 0 Å². The van der Waals surface area contributed by atoms with Crippen molar-refractivity contribution >= 4 is 11.3 Å². The van der Waals surface area contributed by atoms with E-state index in [4.69, 9.17) is 0 Å². The van der Waals surface area contributed by atoms with E-state index in [-0.39, 0.29) is 11.3 Å². The average molecular weight is 430 g/mol. The van der Waals surface area contributed by atoms with Gasteiger partial charge >= 0.3 is 23.7 Å². The Kier molecular flexibility index (Phi) is 6.21. The molecule has 0 fully saturated rings. The van der Waals surface area contributed by atoms with E-state index in [1.807, 2.05) is 0 Å². The third-order valence-corrected chi connectivity index (χ3v) is 4.12. The minimum Gasteiger partial charge on any atom is -0.238 e. The molecule has 1 aromatic rings. The Hall–Kier alpha value is -1.21. The van der Waals surface area contributed by atoms with E-state index in [1.54, 1.807) is 0 Å². The SMILES string of the molecule is FC(F)C(F)C(F)C(F)(F)C(F)(F)C(F)(F)C(F)(F)C(F)c1cccs1. The Bertz CT molecular complexity index is 582. The standard InChI is InChI=1S/C12H7F13S/c13-5(8(16)17)7(15)10(20,21)12(24,25)11(22,23)9(18,19)6(14)4-2-1-3-26-4/h1-3,5-8H. The van der Waals surface area contributed by atoms with Crippen molar-refractivity contribution in [1.29, 1.82) is 0 Å². The van der Waals surface area contributed by atoms with Crippen molar-refractivity contribution in [3.05, 3.63) is 22.4 Å². The highest BCUT2D eigenvalue weighted by molar-refractivity contribution is 7.10. The van der Waals surface area contributed by atoms with Crippen molar-refractivity contribution in [3.63, 3.8) is 0 Å². The van der Waals surface area contributed by atoms with Crippen LogP contribution in [0.4, 0.5) is 57.1 Å². The van der Waals surface area contributed by atoms with E-state index >= 15 is 0 Å². The molecule has 0 radical (unpaired) electrons. The second-order valence-electron chi connectivity index (χ2n) is 4.95. The van der Waals surface area contributed by atoms with Gasteiger partial charge in [0.2, 0.25) is 12.3 Å². The molecule has 1 aromatic heterocycles. The quantitative estimate of drug-likeness (QED) is 0.429. The fourth-order valence-electron chi connectivity index (χ4n) is 1.69. The number of hydrogen-bond donors (Lipinski definition) is 0. The highest BCUT2D eigenvalue weighted by Crippen LogP contribution is 2.58. The minimum atomic E-state index is -7.41. The van der Waals surface area contributed by atoms with Gasteiger partial charge in [0.25, 0.3) is 6.43 Å². The molecule has 152 valence electrons. The Morgan fingerprint density at radius 1 is 0.731 bits per heavy atom. The van der Waals surface area contributed by atoms with Crippen LogP contribution in [-0.4, -0.2) is 42.5 Å². The molecule has 3 atom stereocenters. The highest BCUT2D eigenvalue weighted by Gasteiger charge is 2.84. The molecule has 0 aliphatic heterocycles. The molecule has 0 aliphatic rings. The molecule has 0 amide bonds. The van der Waals surface area contributed by atoms with Crippen LogP contribution in [0.25, 0.3) is 0 Å². The molecule has 3 unspecified atom stereocenters. The predicted molar refractivity (Wildman–Crippen MR) is 63.8 cm³/mol. The van der Waals surface area contributed by atoms with E-state index in [1.165, 1.54) is 0 Å². The fourth-order valence-corrected chi connectivity index (χ4v) is 2.43. The van der Waals surface area contributed by atoms with Gasteiger partial charge in [-0.05, 0) is 11.4 Å². The molecular formula is C12H7F13S. The van der Waals surface area contributed by atoms with Crippen molar-refractivity contribution in [2.75, 3.05) is 0 Å². The summed E-state index contributed by atoms with van der Waals surface area (Å²) < 4.78 is 170. The summed E-state index contributed by atoms with van der Waals surface area (Å²) in [5.41, 5.74) is 0. The third-order valence-electron chi connectivity index (χ3n) is 3.21. The summed E-state index contributed by atoms with van der Waals surface area (Å²) in [4.78, 5) is -1.25. The Morgan fingerprint density at radius 2 is 1.19 bits per heavy atom. The first-order valence-corrected chi connectivity index (χ1v) is 7.16. The van der Waals surface area contributed by atoms with E-state index in [0.29, 0.717) is 6.07 Å². The van der Waals surface area contributed by atoms with Gasteiger partial charge in [-0.2, -0.15) is 35.1 Å². The smallest absolute Gasteiger partial charge is 0.238 e. The summed E-state index contributed by atoms with van der Waals surface area (Å²) in [6, 6.07) is 1.31. The van der Waals surface area contributed by atoms with Crippen LogP contribution < -0.4 is 0 Å². The third kappa shape index (κ3) is 3.36. The van der Waals surface area contributed by atoms with Gasteiger partial charge in [0, 0.05) is 4.88 Å². The van der Waals surface area contributed by atoms with Crippen molar-refractivity contribution in [3.8, 4) is 0 Å². The van der Waals surface area contributed by atoms with Crippen LogP contribution in [0.2, 0.25) is 0 Å². The molecule has 0 aromatic carbocycles. The van der Waals surface area contributed by atoms with Crippen LogP contribution in [-0.2, 0) is 0 Å². The van der Waals surface area contributed by atoms with Crippen LogP contribution in [0.15, 0.2) is 17.5 Å². The van der Waals surface area contributed by atoms with E-state index in [0.717, 1.165) is 11.4 Å². The Balaban J connectivity index is 3.33. The topological polar surface area (TPSA) is 0 Å². The van der Waals surface area contributed by atoms with Crippen LogP contribution >= 0.6 is 11.3 Å². The molecule has 14 heteroatoms. The largest absolute Gasteiger partial charge is 0.381 e. The van der Waals surface area contributed by atoms with Crippen LogP contribution in [0.1, 0.15) is 11.0 Å². The van der Waals surface area contributed by atoms with Gasteiger partial charge in [0.15, 0.2) is 6.17 Å². The molecule has 1 rings (SSSR count). The van der Waals surface area contributed by atoms with Crippen LogP contribution in [0, 0.1) is 0 Å². The van der Waals surface area contributed by atoms with Crippen molar-refractivity contribution in [1.82, 2.24) is 0 Å². The molecule has 0 saturated heterocycles. The lowest BCUT2D eigenvalue weighted by atomic mass is 9.91. The maximum Gasteiger partial charge on any atom is 0.381 e. The number of thiophene rings is 1. The van der Waals surface area contributed by atoms with Crippen molar-refractivity contribution in [2.24, 2.45) is 0 Å². The van der Waals surface area contributed by atoms with Crippen LogP contribution in [0.5, 0.6) is 0 Å². The zero-order chi connectivity index (χ0) is 20.7. The molecule has 0 bridgehead atoms. The van der Waals surface area contributed by atoms with Gasteiger partial charge in [0.05, 0.1) is 0 Å². The lowest BCUT2D eigenvalue weighted by Crippen LogP contribution is -2.67. The number of halogens is 13. The van der Waals surface area contributed by atoms with Crippen LogP contribution in [0.3, 0.4) is 0 Å². The van der Waals surface area contributed by atoms with Gasteiger partial charge in [-0.25, -0.2) is 22.0 Å². The monoisotopic (exact) mass is 430 g/mol. The van der Waals surface area contributed by atoms with Gasteiger partial charge < -0.3 is 0 Å². The zero-order valence-electron chi connectivity index (χ0n) is 11.9. The molecular weight excluding hydrogens is 423 g/mol. The lowest BCUT2D eigenvalue weighted by molar-refractivity contribution is -0.387. The maximum atomic E-state index is 13.6. The first kappa shape index (κ1) is 22.8. The molecule has 26 heavy (non-hydrogen) atoms.